The molecular formula is C21H16N8O2. The molecule has 2 aromatic heterocycles. The van der Waals surface area contributed by atoms with Crippen molar-refractivity contribution in [3.05, 3.63) is 53.7 Å². The number of nitrogens with one attached hydrogen (secondary N) is 4. The lowest BCUT2D eigenvalue weighted by molar-refractivity contribution is -0.117. The number of aromatic nitrogens is 5. The summed E-state index contributed by atoms with van der Waals surface area (Å²) in [5, 5.41) is 29.4. The molecule has 0 saturated heterocycles. The molecule has 1 aliphatic rings. The van der Waals surface area contributed by atoms with E-state index in [4.69, 9.17) is 0 Å². The number of H-pyrrole nitrogens is 2. The number of hydrogen-bond donors (Lipinski definition) is 4. The Bertz CT molecular complexity index is 1350. The fourth-order valence-electron chi connectivity index (χ4n) is 3.34. The molecule has 0 spiro atoms. The van der Waals surface area contributed by atoms with Crippen LogP contribution in [-0.4, -0.2) is 37.4 Å². The SMILES string of the molecule is N#Cc1ccc(NC(=O)c2cc3cccc(NC(=O)C4CC4)c3[nH]2)c(-c2nnn[nH]2)c1. The molecule has 0 bridgehead atoms. The average molecular weight is 412 g/mol. The van der Waals surface area contributed by atoms with Gasteiger partial charge in [0.1, 0.15) is 5.69 Å². The fraction of sp³-hybridized carbons (Fsp3) is 0.143. The van der Waals surface area contributed by atoms with E-state index in [0.717, 1.165) is 18.2 Å². The minimum absolute atomic E-state index is 0.00371. The van der Waals surface area contributed by atoms with Gasteiger partial charge in [-0.15, -0.1) is 5.10 Å². The lowest BCUT2D eigenvalue weighted by atomic mass is 10.1. The molecule has 0 radical (unpaired) electrons. The molecule has 4 N–H and O–H groups in total. The van der Waals surface area contributed by atoms with E-state index in [1.54, 1.807) is 30.3 Å². The van der Waals surface area contributed by atoms with Crippen LogP contribution in [0.2, 0.25) is 0 Å². The molecule has 1 fully saturated rings. The lowest BCUT2D eigenvalue weighted by Gasteiger charge is -2.09. The standard InChI is InChI=1S/C21H16N8O2/c22-10-11-4-7-15(14(8-11)19-26-28-29-27-19)24-21(31)17-9-13-2-1-3-16(18(13)23-17)25-20(30)12-5-6-12/h1-4,7-9,12,23H,5-6H2,(H,24,31)(H,25,30)(H,26,27,28,29). The minimum Gasteiger partial charge on any atom is -0.349 e. The summed E-state index contributed by atoms with van der Waals surface area (Å²) >= 11 is 0. The zero-order chi connectivity index (χ0) is 21.4. The molecule has 2 heterocycles. The molecular weight excluding hydrogens is 396 g/mol. The predicted molar refractivity (Wildman–Crippen MR) is 112 cm³/mol. The number of hydrogen-bond acceptors (Lipinski definition) is 6. The van der Waals surface area contributed by atoms with Crippen molar-refractivity contribution in [3.8, 4) is 17.5 Å². The number of carbonyl (C=O) groups is 2. The van der Waals surface area contributed by atoms with E-state index in [0.29, 0.717) is 39.5 Å². The van der Waals surface area contributed by atoms with Gasteiger partial charge in [0, 0.05) is 16.9 Å². The van der Waals surface area contributed by atoms with Gasteiger partial charge in [0.25, 0.3) is 5.91 Å². The second kappa shape index (κ2) is 7.38. The molecule has 31 heavy (non-hydrogen) atoms. The normalized spacial score (nSPS) is 13.0. The summed E-state index contributed by atoms with van der Waals surface area (Å²) in [5.74, 6) is 0.0209. The second-order valence-corrected chi connectivity index (χ2v) is 7.29. The van der Waals surface area contributed by atoms with Crippen LogP contribution in [0, 0.1) is 17.2 Å². The largest absolute Gasteiger partial charge is 0.349 e. The molecule has 0 unspecified atom stereocenters. The van der Waals surface area contributed by atoms with Crippen molar-refractivity contribution in [2.24, 2.45) is 5.92 Å². The van der Waals surface area contributed by atoms with Crippen LogP contribution < -0.4 is 10.6 Å². The van der Waals surface area contributed by atoms with Gasteiger partial charge in [0.05, 0.1) is 28.5 Å². The summed E-state index contributed by atoms with van der Waals surface area (Å²) in [6.45, 7) is 0. The number of rotatable bonds is 5. The number of nitriles is 1. The van der Waals surface area contributed by atoms with Crippen molar-refractivity contribution in [2.75, 3.05) is 10.6 Å². The highest BCUT2D eigenvalue weighted by Gasteiger charge is 2.30. The Morgan fingerprint density at radius 1 is 1.10 bits per heavy atom. The van der Waals surface area contributed by atoms with Crippen LogP contribution >= 0.6 is 0 Å². The van der Waals surface area contributed by atoms with Crippen molar-refractivity contribution < 1.29 is 9.59 Å². The first-order valence-corrected chi connectivity index (χ1v) is 9.64. The molecule has 5 rings (SSSR count). The molecule has 152 valence electrons. The maximum atomic E-state index is 13.0. The van der Waals surface area contributed by atoms with Gasteiger partial charge in [-0.2, -0.15) is 5.26 Å². The van der Waals surface area contributed by atoms with Crippen molar-refractivity contribution in [1.29, 1.82) is 5.26 Å². The van der Waals surface area contributed by atoms with E-state index in [1.165, 1.54) is 0 Å². The molecule has 1 saturated carbocycles. The zero-order valence-corrected chi connectivity index (χ0v) is 16.1. The quantitative estimate of drug-likeness (QED) is 0.395. The summed E-state index contributed by atoms with van der Waals surface area (Å²) < 4.78 is 0. The maximum absolute atomic E-state index is 13.0. The van der Waals surface area contributed by atoms with E-state index in [1.807, 2.05) is 12.1 Å². The third-order valence-corrected chi connectivity index (χ3v) is 5.10. The Labute approximate surface area is 175 Å². The van der Waals surface area contributed by atoms with Crippen LogP contribution in [0.3, 0.4) is 0 Å². The van der Waals surface area contributed by atoms with Crippen LogP contribution in [0.4, 0.5) is 11.4 Å². The Hall–Kier alpha value is -4.52. The third-order valence-electron chi connectivity index (χ3n) is 5.10. The van der Waals surface area contributed by atoms with E-state index in [9.17, 15) is 14.9 Å². The van der Waals surface area contributed by atoms with E-state index in [-0.39, 0.29) is 17.7 Å². The van der Waals surface area contributed by atoms with Crippen LogP contribution in [0.15, 0.2) is 42.5 Å². The average Bonchev–Trinajstić information content (AvgIpc) is 3.31. The van der Waals surface area contributed by atoms with E-state index >= 15 is 0 Å². The van der Waals surface area contributed by atoms with Gasteiger partial charge in [-0.05, 0) is 53.6 Å². The van der Waals surface area contributed by atoms with Crippen molar-refractivity contribution in [1.82, 2.24) is 25.6 Å². The number of fused-ring (bicyclic) bond motifs is 1. The van der Waals surface area contributed by atoms with Crippen LogP contribution in [-0.2, 0) is 4.79 Å². The number of tetrazole rings is 1. The number of carbonyl (C=O) groups excluding carboxylic acids is 2. The van der Waals surface area contributed by atoms with Crippen molar-refractivity contribution >= 4 is 34.1 Å². The number of amides is 2. The Morgan fingerprint density at radius 3 is 2.71 bits per heavy atom. The number of para-hydroxylation sites is 1. The highest BCUT2D eigenvalue weighted by atomic mass is 16.2. The Morgan fingerprint density at radius 2 is 1.97 bits per heavy atom. The number of nitrogens with zero attached hydrogens (tertiary/aromatic N) is 4. The van der Waals surface area contributed by atoms with Crippen LogP contribution in [0.25, 0.3) is 22.3 Å². The minimum atomic E-state index is -0.380. The summed E-state index contributed by atoms with van der Waals surface area (Å²) in [5.41, 5.74) is 3.00. The highest BCUT2D eigenvalue weighted by Crippen LogP contribution is 2.32. The molecule has 2 aromatic carbocycles. The van der Waals surface area contributed by atoms with Crippen LogP contribution in [0.1, 0.15) is 28.9 Å². The maximum Gasteiger partial charge on any atom is 0.272 e. The molecule has 1 aliphatic carbocycles. The summed E-state index contributed by atoms with van der Waals surface area (Å²) in [7, 11) is 0. The van der Waals surface area contributed by atoms with Gasteiger partial charge in [-0.25, -0.2) is 5.10 Å². The molecule has 0 atom stereocenters. The zero-order valence-electron chi connectivity index (χ0n) is 16.1. The first-order valence-electron chi connectivity index (χ1n) is 9.64. The second-order valence-electron chi connectivity index (χ2n) is 7.29. The topological polar surface area (TPSA) is 152 Å². The van der Waals surface area contributed by atoms with Crippen molar-refractivity contribution in [3.63, 3.8) is 0 Å². The summed E-state index contributed by atoms with van der Waals surface area (Å²) in [6, 6.07) is 14.1. The molecule has 10 heteroatoms. The van der Waals surface area contributed by atoms with E-state index in [2.05, 4.69) is 42.3 Å². The first-order chi connectivity index (χ1) is 15.1. The van der Waals surface area contributed by atoms with Crippen LogP contribution in [0.5, 0.6) is 0 Å². The van der Waals surface area contributed by atoms with Gasteiger partial charge in [0.2, 0.25) is 5.91 Å². The first kappa shape index (κ1) is 18.5. The molecule has 0 aliphatic heterocycles. The fourth-order valence-corrected chi connectivity index (χ4v) is 3.34. The predicted octanol–water partition coefficient (Wildman–Crippen LogP) is 2.82. The van der Waals surface area contributed by atoms with Gasteiger partial charge >= 0.3 is 0 Å². The molecule has 10 nitrogen and oxygen atoms in total. The number of aromatic amines is 2. The monoisotopic (exact) mass is 412 g/mol. The number of anilines is 2. The lowest BCUT2D eigenvalue weighted by Crippen LogP contribution is -2.14. The van der Waals surface area contributed by atoms with E-state index < -0.39 is 0 Å². The van der Waals surface area contributed by atoms with Gasteiger partial charge in [-0.3, -0.25) is 9.59 Å². The highest BCUT2D eigenvalue weighted by molar-refractivity contribution is 6.10. The van der Waals surface area contributed by atoms with Crippen molar-refractivity contribution in [2.45, 2.75) is 12.8 Å². The summed E-state index contributed by atoms with van der Waals surface area (Å²) in [4.78, 5) is 28.2. The van der Waals surface area contributed by atoms with Gasteiger partial charge in [0.15, 0.2) is 5.82 Å². The smallest absolute Gasteiger partial charge is 0.272 e. The molecule has 2 amide bonds. The van der Waals surface area contributed by atoms with Gasteiger partial charge < -0.3 is 15.6 Å². The Balaban J connectivity index is 1.45. The number of benzene rings is 2. The van der Waals surface area contributed by atoms with Gasteiger partial charge in [-0.1, -0.05) is 12.1 Å². The Kier molecular flexibility index (Phi) is 4.41. The summed E-state index contributed by atoms with van der Waals surface area (Å²) in [6.07, 6.45) is 1.82. The molecule has 4 aromatic rings. The third kappa shape index (κ3) is 3.60.